The maximum Gasteiger partial charge on any atom is 0.270 e. The average molecular weight is 359 g/mol. The van der Waals surface area contributed by atoms with Crippen molar-refractivity contribution in [1.82, 2.24) is 25.4 Å². The molecule has 0 bridgehead atoms. The lowest BCUT2D eigenvalue weighted by molar-refractivity contribution is 0.0872. The van der Waals surface area contributed by atoms with Gasteiger partial charge in [0, 0.05) is 6.61 Å². The standard InChI is InChI=1S/C18H25N5O3/c1-12-19-10-14(20-12)15(24)22-18(7-4-2-3-5-8-18)17-21-16(26-23-17)13-6-9-25-11-13/h10,13H,2-9,11H2,1H3,(H,19,20)(H,22,24)/t13-/m0/s1. The number of hydrogen-bond acceptors (Lipinski definition) is 6. The van der Waals surface area contributed by atoms with Crippen molar-refractivity contribution in [3.05, 3.63) is 29.4 Å². The van der Waals surface area contributed by atoms with Crippen LogP contribution in [0.5, 0.6) is 0 Å². The van der Waals surface area contributed by atoms with Crippen molar-refractivity contribution in [2.24, 2.45) is 0 Å². The zero-order chi connectivity index (χ0) is 18.0. The van der Waals surface area contributed by atoms with Gasteiger partial charge in [0.1, 0.15) is 17.1 Å². The van der Waals surface area contributed by atoms with E-state index >= 15 is 0 Å². The van der Waals surface area contributed by atoms with Crippen LogP contribution < -0.4 is 5.32 Å². The quantitative estimate of drug-likeness (QED) is 0.813. The van der Waals surface area contributed by atoms with Gasteiger partial charge in [-0.2, -0.15) is 4.98 Å². The van der Waals surface area contributed by atoms with Crippen molar-refractivity contribution in [2.75, 3.05) is 13.2 Å². The lowest BCUT2D eigenvalue weighted by atomic mass is 9.89. The first-order valence-electron chi connectivity index (χ1n) is 9.42. The van der Waals surface area contributed by atoms with Gasteiger partial charge in [0.25, 0.3) is 5.91 Å². The Labute approximate surface area is 152 Å². The molecule has 1 atom stereocenters. The molecule has 2 fully saturated rings. The Morgan fingerprint density at radius 2 is 2.12 bits per heavy atom. The summed E-state index contributed by atoms with van der Waals surface area (Å²) in [5.41, 5.74) is -0.132. The molecule has 0 spiro atoms. The Kier molecular flexibility index (Phi) is 4.76. The van der Waals surface area contributed by atoms with E-state index in [1.807, 2.05) is 6.92 Å². The monoisotopic (exact) mass is 359 g/mol. The van der Waals surface area contributed by atoms with E-state index in [9.17, 15) is 4.79 Å². The molecule has 4 rings (SSSR count). The minimum absolute atomic E-state index is 0.157. The second-order valence-electron chi connectivity index (χ2n) is 7.35. The van der Waals surface area contributed by atoms with Gasteiger partial charge in [0.2, 0.25) is 5.89 Å². The van der Waals surface area contributed by atoms with Gasteiger partial charge in [-0.1, -0.05) is 30.8 Å². The fourth-order valence-corrected chi connectivity index (χ4v) is 3.88. The molecule has 8 heteroatoms. The highest BCUT2D eigenvalue weighted by Crippen LogP contribution is 2.36. The fraction of sp³-hybridized carbons (Fsp3) is 0.667. The molecule has 1 amide bonds. The predicted octanol–water partition coefficient (Wildman–Crippen LogP) is 2.58. The van der Waals surface area contributed by atoms with Crippen molar-refractivity contribution in [1.29, 1.82) is 0 Å². The summed E-state index contributed by atoms with van der Waals surface area (Å²) < 4.78 is 11.0. The van der Waals surface area contributed by atoms with Crippen LogP contribution in [0.2, 0.25) is 0 Å². The highest BCUT2D eigenvalue weighted by Gasteiger charge is 2.40. The Bertz CT molecular complexity index is 754. The van der Waals surface area contributed by atoms with Crippen LogP contribution in [-0.2, 0) is 10.3 Å². The van der Waals surface area contributed by atoms with Crippen LogP contribution in [-0.4, -0.2) is 39.2 Å². The van der Waals surface area contributed by atoms with Crippen LogP contribution in [0.25, 0.3) is 0 Å². The van der Waals surface area contributed by atoms with E-state index in [1.165, 1.54) is 0 Å². The van der Waals surface area contributed by atoms with Gasteiger partial charge >= 0.3 is 0 Å². The number of nitrogens with zero attached hydrogens (tertiary/aromatic N) is 3. The Hall–Kier alpha value is -2.22. The number of H-pyrrole nitrogens is 1. The fourth-order valence-electron chi connectivity index (χ4n) is 3.88. The van der Waals surface area contributed by atoms with E-state index in [4.69, 9.17) is 9.26 Å². The third-order valence-electron chi connectivity index (χ3n) is 5.41. The third kappa shape index (κ3) is 3.38. The van der Waals surface area contributed by atoms with E-state index in [0.29, 0.717) is 29.8 Å². The molecular weight excluding hydrogens is 334 g/mol. The number of rotatable bonds is 4. The summed E-state index contributed by atoms with van der Waals surface area (Å²) in [6.45, 7) is 3.17. The number of aryl methyl sites for hydroxylation is 1. The van der Waals surface area contributed by atoms with Crippen LogP contribution >= 0.6 is 0 Å². The summed E-state index contributed by atoms with van der Waals surface area (Å²) in [6, 6.07) is 0. The predicted molar refractivity (Wildman–Crippen MR) is 92.6 cm³/mol. The molecule has 26 heavy (non-hydrogen) atoms. The molecule has 1 saturated carbocycles. The number of hydrogen-bond donors (Lipinski definition) is 2. The molecule has 2 aromatic heterocycles. The number of amides is 1. The van der Waals surface area contributed by atoms with Crippen molar-refractivity contribution < 1.29 is 14.1 Å². The SMILES string of the molecule is Cc1ncc(C(=O)NC2(c3noc([C@H]4CCOC4)n3)CCCCCC2)[nH]1. The second-order valence-corrected chi connectivity index (χ2v) is 7.35. The molecule has 2 aromatic rings. The molecule has 0 unspecified atom stereocenters. The van der Waals surface area contributed by atoms with E-state index in [1.54, 1.807) is 6.20 Å². The summed E-state index contributed by atoms with van der Waals surface area (Å²) in [6.07, 6.45) is 8.44. The lowest BCUT2D eigenvalue weighted by Crippen LogP contribution is -2.46. The van der Waals surface area contributed by atoms with Crippen molar-refractivity contribution >= 4 is 5.91 Å². The van der Waals surface area contributed by atoms with Gasteiger partial charge < -0.3 is 19.6 Å². The first-order valence-corrected chi connectivity index (χ1v) is 9.42. The van der Waals surface area contributed by atoms with E-state index < -0.39 is 5.54 Å². The number of nitrogens with one attached hydrogen (secondary N) is 2. The Morgan fingerprint density at radius 3 is 2.77 bits per heavy atom. The molecule has 1 aliphatic heterocycles. The first-order chi connectivity index (χ1) is 12.7. The number of aromatic amines is 1. The molecule has 0 radical (unpaired) electrons. The van der Waals surface area contributed by atoms with E-state index in [-0.39, 0.29) is 11.8 Å². The van der Waals surface area contributed by atoms with Gasteiger partial charge in [-0.3, -0.25) is 4.79 Å². The van der Waals surface area contributed by atoms with Crippen LogP contribution in [0.4, 0.5) is 0 Å². The minimum atomic E-state index is -0.589. The molecule has 2 aliphatic rings. The average Bonchev–Trinajstić information content (AvgIpc) is 3.36. The summed E-state index contributed by atoms with van der Waals surface area (Å²) in [7, 11) is 0. The summed E-state index contributed by atoms with van der Waals surface area (Å²) in [5.74, 6) is 1.90. The zero-order valence-electron chi connectivity index (χ0n) is 15.1. The van der Waals surface area contributed by atoms with Crippen LogP contribution in [0.15, 0.2) is 10.7 Å². The van der Waals surface area contributed by atoms with Gasteiger partial charge in [0.05, 0.1) is 18.7 Å². The normalized spacial score (nSPS) is 22.9. The van der Waals surface area contributed by atoms with Crippen molar-refractivity contribution in [3.63, 3.8) is 0 Å². The van der Waals surface area contributed by atoms with Crippen LogP contribution in [0, 0.1) is 6.92 Å². The second kappa shape index (κ2) is 7.19. The molecule has 1 saturated heterocycles. The summed E-state index contributed by atoms with van der Waals surface area (Å²) >= 11 is 0. The highest BCUT2D eigenvalue weighted by molar-refractivity contribution is 5.92. The summed E-state index contributed by atoms with van der Waals surface area (Å²) in [4.78, 5) is 24.6. The topological polar surface area (TPSA) is 106 Å². The Morgan fingerprint density at radius 1 is 1.31 bits per heavy atom. The number of aromatic nitrogens is 4. The molecular formula is C18H25N5O3. The number of ether oxygens (including phenoxy) is 1. The lowest BCUT2D eigenvalue weighted by Gasteiger charge is -2.30. The van der Waals surface area contributed by atoms with Gasteiger partial charge in [-0.05, 0) is 26.2 Å². The largest absolute Gasteiger partial charge is 0.381 e. The Balaban J connectivity index is 1.61. The number of carbonyl (C=O) groups is 1. The molecule has 0 aromatic carbocycles. The smallest absolute Gasteiger partial charge is 0.270 e. The minimum Gasteiger partial charge on any atom is -0.381 e. The number of imidazole rings is 1. The number of carbonyl (C=O) groups excluding carboxylic acids is 1. The van der Waals surface area contributed by atoms with Crippen molar-refractivity contribution in [2.45, 2.75) is 63.3 Å². The maximum absolute atomic E-state index is 12.8. The maximum atomic E-state index is 12.8. The molecule has 140 valence electrons. The molecule has 1 aliphatic carbocycles. The van der Waals surface area contributed by atoms with Crippen LogP contribution in [0.1, 0.15) is 78.9 Å². The molecule has 2 N–H and O–H groups in total. The molecule has 8 nitrogen and oxygen atoms in total. The summed E-state index contributed by atoms with van der Waals surface area (Å²) in [5, 5.41) is 7.46. The zero-order valence-corrected chi connectivity index (χ0v) is 15.1. The molecule has 3 heterocycles. The van der Waals surface area contributed by atoms with E-state index in [0.717, 1.165) is 51.6 Å². The highest BCUT2D eigenvalue weighted by atomic mass is 16.5. The first kappa shape index (κ1) is 17.2. The van der Waals surface area contributed by atoms with Crippen LogP contribution in [0.3, 0.4) is 0 Å². The van der Waals surface area contributed by atoms with Gasteiger partial charge in [-0.15, -0.1) is 0 Å². The van der Waals surface area contributed by atoms with Gasteiger partial charge in [-0.25, -0.2) is 4.98 Å². The van der Waals surface area contributed by atoms with Gasteiger partial charge in [0.15, 0.2) is 5.82 Å². The van der Waals surface area contributed by atoms with Crippen molar-refractivity contribution in [3.8, 4) is 0 Å². The van der Waals surface area contributed by atoms with E-state index in [2.05, 4.69) is 25.4 Å². The third-order valence-corrected chi connectivity index (χ3v) is 5.41.